The molecule has 18 heavy (non-hydrogen) atoms. The maximum Gasteiger partial charge on any atom is 0.192 e. The lowest BCUT2D eigenvalue weighted by molar-refractivity contribution is 0.309. The van der Waals surface area contributed by atoms with E-state index in [9.17, 15) is 8.42 Å². The van der Waals surface area contributed by atoms with Gasteiger partial charge in [-0.15, -0.1) is 11.3 Å². The van der Waals surface area contributed by atoms with Crippen LogP contribution in [0.1, 0.15) is 39.0 Å². The Labute approximate surface area is 113 Å². The minimum absolute atomic E-state index is 0.204. The lowest BCUT2D eigenvalue weighted by Crippen LogP contribution is -2.45. The number of hydrogen-bond donors (Lipinski definition) is 1. The first-order valence-corrected chi connectivity index (χ1v) is 9.01. The molecule has 0 radical (unpaired) electrons. The fourth-order valence-electron chi connectivity index (χ4n) is 2.84. The molecule has 1 saturated carbocycles. The molecule has 2 N–H and O–H groups in total. The van der Waals surface area contributed by atoms with E-state index in [0.717, 1.165) is 32.1 Å². The molecule has 1 aliphatic rings. The van der Waals surface area contributed by atoms with E-state index in [1.807, 2.05) is 5.38 Å². The monoisotopic (exact) mass is 287 g/mol. The average Bonchev–Trinajstić information content (AvgIpc) is 2.86. The number of rotatable bonds is 4. The molecule has 3 nitrogen and oxygen atoms in total. The van der Waals surface area contributed by atoms with Gasteiger partial charge in [0.1, 0.15) is 4.21 Å². The summed E-state index contributed by atoms with van der Waals surface area (Å²) in [6.45, 7) is 2.15. The standard InChI is InChI=1S/C13H21NO2S2/c1-2-4-10-6-7-11(14)12(9-10)18(15,16)13-5-3-8-17-13/h3,5,8,10-12H,2,4,6-7,9,14H2,1H3. The summed E-state index contributed by atoms with van der Waals surface area (Å²) in [5.74, 6) is 0.523. The predicted molar refractivity (Wildman–Crippen MR) is 75.5 cm³/mol. The van der Waals surface area contributed by atoms with Crippen LogP contribution in [0.2, 0.25) is 0 Å². The van der Waals surface area contributed by atoms with E-state index in [-0.39, 0.29) is 11.3 Å². The molecule has 3 unspecified atom stereocenters. The fraction of sp³-hybridized carbons (Fsp3) is 0.692. The fourth-order valence-corrected chi connectivity index (χ4v) is 6.05. The van der Waals surface area contributed by atoms with Gasteiger partial charge in [-0.05, 0) is 36.6 Å². The molecular formula is C13H21NO2S2. The van der Waals surface area contributed by atoms with Crippen LogP contribution in [0.4, 0.5) is 0 Å². The Kier molecular flexibility index (Phi) is 4.45. The number of thiophene rings is 1. The van der Waals surface area contributed by atoms with Crippen LogP contribution in [0.3, 0.4) is 0 Å². The van der Waals surface area contributed by atoms with Crippen molar-refractivity contribution in [2.24, 2.45) is 11.7 Å². The van der Waals surface area contributed by atoms with Crippen molar-refractivity contribution >= 4 is 21.2 Å². The third-order valence-corrected chi connectivity index (χ3v) is 7.51. The highest BCUT2D eigenvalue weighted by Crippen LogP contribution is 2.34. The Bertz CT molecular complexity index is 467. The Balaban J connectivity index is 2.20. The van der Waals surface area contributed by atoms with Gasteiger partial charge in [0.05, 0.1) is 5.25 Å². The molecule has 1 fully saturated rings. The number of sulfone groups is 1. The maximum absolute atomic E-state index is 12.5. The Morgan fingerprint density at radius 2 is 2.22 bits per heavy atom. The van der Waals surface area contributed by atoms with Gasteiger partial charge in [-0.2, -0.15) is 0 Å². The summed E-state index contributed by atoms with van der Waals surface area (Å²) in [5.41, 5.74) is 6.06. The van der Waals surface area contributed by atoms with Crippen LogP contribution in [0, 0.1) is 5.92 Å². The second kappa shape index (κ2) is 5.72. The molecule has 0 saturated heterocycles. The quantitative estimate of drug-likeness (QED) is 0.926. The van der Waals surface area contributed by atoms with E-state index in [2.05, 4.69) is 6.92 Å². The SMILES string of the molecule is CCCC1CCC(N)C(S(=O)(=O)c2cccs2)C1. The van der Waals surface area contributed by atoms with Crippen LogP contribution in [0.25, 0.3) is 0 Å². The van der Waals surface area contributed by atoms with Crippen molar-refractivity contribution in [3.63, 3.8) is 0 Å². The van der Waals surface area contributed by atoms with Crippen molar-refractivity contribution in [1.82, 2.24) is 0 Å². The summed E-state index contributed by atoms with van der Waals surface area (Å²) in [6, 6.07) is 3.27. The van der Waals surface area contributed by atoms with Gasteiger partial charge in [-0.1, -0.05) is 25.8 Å². The van der Waals surface area contributed by atoms with Gasteiger partial charge in [0.2, 0.25) is 0 Å². The van der Waals surface area contributed by atoms with Crippen molar-refractivity contribution in [3.05, 3.63) is 17.5 Å². The largest absolute Gasteiger partial charge is 0.327 e. The van der Waals surface area contributed by atoms with Crippen LogP contribution in [-0.4, -0.2) is 19.7 Å². The molecule has 0 bridgehead atoms. The summed E-state index contributed by atoms with van der Waals surface area (Å²) < 4.78 is 25.6. The summed E-state index contributed by atoms with van der Waals surface area (Å²) in [5, 5.41) is 1.42. The van der Waals surface area contributed by atoms with Gasteiger partial charge in [0.25, 0.3) is 0 Å². The van der Waals surface area contributed by atoms with Gasteiger partial charge in [-0.3, -0.25) is 0 Å². The highest BCUT2D eigenvalue weighted by molar-refractivity contribution is 7.94. The van der Waals surface area contributed by atoms with Crippen LogP contribution in [-0.2, 0) is 9.84 Å². The van der Waals surface area contributed by atoms with Crippen molar-refractivity contribution < 1.29 is 8.42 Å². The van der Waals surface area contributed by atoms with Gasteiger partial charge in [-0.25, -0.2) is 8.42 Å². The Hall–Kier alpha value is -0.390. The second-order valence-electron chi connectivity index (χ2n) is 5.15. The summed E-state index contributed by atoms with van der Waals surface area (Å²) in [7, 11) is -3.23. The highest BCUT2D eigenvalue weighted by atomic mass is 32.2. The van der Waals surface area contributed by atoms with Gasteiger partial charge >= 0.3 is 0 Å². The molecule has 0 amide bonds. The zero-order valence-electron chi connectivity index (χ0n) is 10.7. The zero-order valence-corrected chi connectivity index (χ0v) is 12.3. The van der Waals surface area contributed by atoms with Crippen LogP contribution < -0.4 is 5.73 Å². The van der Waals surface area contributed by atoms with Crippen molar-refractivity contribution in [2.75, 3.05) is 0 Å². The normalized spacial score (nSPS) is 29.3. The van der Waals surface area contributed by atoms with E-state index in [0.29, 0.717) is 10.1 Å². The molecule has 1 heterocycles. The summed E-state index contributed by atoms with van der Waals surface area (Å²) >= 11 is 1.30. The topological polar surface area (TPSA) is 60.2 Å². The minimum Gasteiger partial charge on any atom is -0.327 e. The Morgan fingerprint density at radius 3 is 2.83 bits per heavy atom. The van der Waals surface area contributed by atoms with E-state index in [1.54, 1.807) is 12.1 Å². The zero-order chi connectivity index (χ0) is 13.2. The summed E-state index contributed by atoms with van der Waals surface area (Å²) in [4.78, 5) is 0. The smallest absolute Gasteiger partial charge is 0.192 e. The second-order valence-corrected chi connectivity index (χ2v) is 8.49. The lowest BCUT2D eigenvalue weighted by atomic mass is 9.83. The number of nitrogens with two attached hydrogens (primary N) is 1. The molecule has 3 atom stereocenters. The van der Waals surface area contributed by atoms with E-state index in [4.69, 9.17) is 5.73 Å². The Morgan fingerprint density at radius 1 is 1.44 bits per heavy atom. The van der Waals surface area contributed by atoms with Crippen molar-refractivity contribution in [1.29, 1.82) is 0 Å². The first-order valence-electron chi connectivity index (χ1n) is 6.58. The minimum atomic E-state index is -3.23. The predicted octanol–water partition coefficient (Wildman–Crippen LogP) is 2.82. The van der Waals surface area contributed by atoms with Crippen molar-refractivity contribution in [2.45, 2.75) is 54.5 Å². The average molecular weight is 287 g/mol. The molecule has 1 aromatic heterocycles. The highest BCUT2D eigenvalue weighted by Gasteiger charge is 2.38. The molecule has 0 aromatic carbocycles. The third kappa shape index (κ3) is 2.78. The van der Waals surface area contributed by atoms with Crippen LogP contribution >= 0.6 is 11.3 Å². The third-order valence-electron chi connectivity index (χ3n) is 3.82. The molecule has 1 aromatic rings. The molecule has 0 spiro atoms. The first kappa shape index (κ1) is 14.0. The van der Waals surface area contributed by atoms with E-state index in [1.165, 1.54) is 11.3 Å². The van der Waals surface area contributed by atoms with Gasteiger partial charge in [0, 0.05) is 6.04 Å². The first-order chi connectivity index (χ1) is 8.55. The maximum atomic E-state index is 12.5. The van der Waals surface area contributed by atoms with Gasteiger partial charge in [0.15, 0.2) is 9.84 Å². The van der Waals surface area contributed by atoms with Crippen molar-refractivity contribution in [3.8, 4) is 0 Å². The molecular weight excluding hydrogens is 266 g/mol. The van der Waals surface area contributed by atoms with Gasteiger partial charge < -0.3 is 5.73 Å². The molecule has 1 aliphatic carbocycles. The van der Waals surface area contributed by atoms with E-state index < -0.39 is 9.84 Å². The number of hydrogen-bond acceptors (Lipinski definition) is 4. The molecule has 102 valence electrons. The molecule has 0 aliphatic heterocycles. The van der Waals surface area contributed by atoms with Crippen LogP contribution in [0.5, 0.6) is 0 Å². The molecule has 2 rings (SSSR count). The summed E-state index contributed by atoms with van der Waals surface area (Å²) in [6.07, 6.45) is 4.87. The molecule has 5 heteroatoms. The van der Waals surface area contributed by atoms with Crippen LogP contribution in [0.15, 0.2) is 21.7 Å². The lowest BCUT2D eigenvalue weighted by Gasteiger charge is -2.33. The van der Waals surface area contributed by atoms with E-state index >= 15 is 0 Å².